The highest BCUT2D eigenvalue weighted by molar-refractivity contribution is 6.23. The molecule has 5 rings (SSSR count). The van der Waals surface area contributed by atoms with E-state index in [-0.39, 0.29) is 0 Å². The molecule has 1 aliphatic carbocycles. The third-order valence-corrected chi connectivity index (χ3v) is 5.56. The molecular formula is C21H18O4. The van der Waals surface area contributed by atoms with E-state index < -0.39 is 24.4 Å². The standard InChI is InChI=1S/C21H18O4/c1-25-21-14-9-12-6-5-10-3-2-4-11-7-8-13(16(12)15(10)11)17(14)18(22)19(23)20(21)24/h2-9,18-24H,1H3/t18-,19+,20+,21+/m1/s1. The van der Waals surface area contributed by atoms with Crippen LogP contribution < -0.4 is 0 Å². The predicted molar refractivity (Wildman–Crippen MR) is 96.9 cm³/mol. The lowest BCUT2D eigenvalue weighted by Gasteiger charge is -2.37. The Balaban J connectivity index is 1.99. The Bertz CT molecular complexity index is 1090. The van der Waals surface area contributed by atoms with E-state index in [2.05, 4.69) is 24.3 Å². The molecule has 0 radical (unpaired) electrons. The Hall–Kier alpha value is -2.24. The number of hydrogen-bond acceptors (Lipinski definition) is 4. The molecule has 4 aromatic rings. The molecular weight excluding hydrogens is 316 g/mol. The normalized spacial score (nSPS) is 26.6. The maximum atomic E-state index is 10.7. The van der Waals surface area contributed by atoms with Crippen LogP contribution in [-0.2, 0) is 4.74 Å². The van der Waals surface area contributed by atoms with E-state index in [1.165, 1.54) is 7.11 Å². The second kappa shape index (κ2) is 5.13. The van der Waals surface area contributed by atoms with Crippen LogP contribution in [0.1, 0.15) is 23.3 Å². The molecule has 0 unspecified atom stereocenters. The number of fused-ring (bicyclic) bond motifs is 2. The van der Waals surface area contributed by atoms with Crippen LogP contribution in [0.4, 0.5) is 0 Å². The Kier molecular flexibility index (Phi) is 3.09. The van der Waals surface area contributed by atoms with Crippen LogP contribution in [0.25, 0.3) is 32.3 Å². The first-order valence-electron chi connectivity index (χ1n) is 8.39. The van der Waals surface area contributed by atoms with E-state index in [1.54, 1.807) is 0 Å². The number of hydrogen-bond donors (Lipinski definition) is 3. The molecule has 0 heterocycles. The lowest BCUT2D eigenvalue weighted by Crippen LogP contribution is -2.42. The molecule has 4 atom stereocenters. The monoisotopic (exact) mass is 334 g/mol. The minimum Gasteiger partial charge on any atom is -0.387 e. The molecule has 25 heavy (non-hydrogen) atoms. The molecule has 4 nitrogen and oxygen atoms in total. The average molecular weight is 334 g/mol. The first-order chi connectivity index (χ1) is 12.1. The van der Waals surface area contributed by atoms with Gasteiger partial charge in [0.1, 0.15) is 24.4 Å². The molecule has 0 amide bonds. The van der Waals surface area contributed by atoms with E-state index in [1.807, 2.05) is 24.3 Å². The number of aliphatic hydroxyl groups excluding tert-OH is 3. The zero-order chi connectivity index (χ0) is 17.3. The highest BCUT2D eigenvalue weighted by Crippen LogP contribution is 2.46. The third-order valence-electron chi connectivity index (χ3n) is 5.56. The van der Waals surface area contributed by atoms with Gasteiger partial charge in [-0.2, -0.15) is 0 Å². The van der Waals surface area contributed by atoms with Gasteiger partial charge in [-0.05, 0) is 49.5 Å². The zero-order valence-electron chi connectivity index (χ0n) is 13.7. The molecule has 0 aromatic heterocycles. The fourth-order valence-corrected chi connectivity index (χ4v) is 4.41. The van der Waals surface area contributed by atoms with Crippen molar-refractivity contribution >= 4 is 32.3 Å². The first kappa shape index (κ1) is 15.0. The zero-order valence-corrected chi connectivity index (χ0v) is 13.7. The second-order valence-corrected chi connectivity index (χ2v) is 6.82. The molecule has 3 N–H and O–H groups in total. The number of methoxy groups -OCH3 is 1. The maximum absolute atomic E-state index is 10.7. The van der Waals surface area contributed by atoms with Crippen molar-refractivity contribution in [3.8, 4) is 0 Å². The van der Waals surface area contributed by atoms with Crippen molar-refractivity contribution in [2.24, 2.45) is 0 Å². The van der Waals surface area contributed by atoms with Gasteiger partial charge in [-0.25, -0.2) is 0 Å². The lowest BCUT2D eigenvalue weighted by atomic mass is 9.78. The van der Waals surface area contributed by atoms with Gasteiger partial charge in [0.2, 0.25) is 0 Å². The topological polar surface area (TPSA) is 69.9 Å². The highest BCUT2D eigenvalue weighted by Gasteiger charge is 2.42. The SMILES string of the molecule is CO[C@H]1c2cc3ccc4cccc5ccc(c2[C@@H](O)[C@H](O)[C@@H]1O)c3c45. The molecule has 0 aliphatic heterocycles. The Morgan fingerprint density at radius 3 is 2.20 bits per heavy atom. The van der Waals surface area contributed by atoms with E-state index in [4.69, 9.17) is 4.74 Å². The van der Waals surface area contributed by atoms with Gasteiger partial charge in [0, 0.05) is 7.11 Å². The fourth-order valence-electron chi connectivity index (χ4n) is 4.41. The molecule has 4 aromatic carbocycles. The third kappa shape index (κ3) is 1.85. The highest BCUT2D eigenvalue weighted by atomic mass is 16.5. The van der Waals surface area contributed by atoms with Gasteiger partial charge >= 0.3 is 0 Å². The quantitative estimate of drug-likeness (QED) is 0.468. The van der Waals surface area contributed by atoms with Crippen LogP contribution in [0, 0.1) is 0 Å². The van der Waals surface area contributed by atoms with E-state index in [0.29, 0.717) is 5.56 Å². The summed E-state index contributed by atoms with van der Waals surface area (Å²) in [5, 5.41) is 37.8. The molecule has 0 fully saturated rings. The molecule has 0 bridgehead atoms. The summed E-state index contributed by atoms with van der Waals surface area (Å²) in [6.45, 7) is 0. The summed E-state index contributed by atoms with van der Waals surface area (Å²) in [4.78, 5) is 0. The predicted octanol–water partition coefficient (Wildman–Crippen LogP) is 3.04. The molecule has 1 aliphatic rings. The van der Waals surface area contributed by atoms with Crippen molar-refractivity contribution < 1.29 is 20.1 Å². The van der Waals surface area contributed by atoms with E-state index in [0.717, 1.165) is 37.9 Å². The van der Waals surface area contributed by atoms with Crippen LogP contribution in [0.5, 0.6) is 0 Å². The molecule has 0 spiro atoms. The Morgan fingerprint density at radius 2 is 1.48 bits per heavy atom. The summed E-state index contributed by atoms with van der Waals surface area (Å²) in [5.74, 6) is 0. The van der Waals surface area contributed by atoms with E-state index in [9.17, 15) is 15.3 Å². The van der Waals surface area contributed by atoms with Crippen molar-refractivity contribution in [3.05, 3.63) is 59.7 Å². The Morgan fingerprint density at radius 1 is 0.800 bits per heavy atom. The van der Waals surface area contributed by atoms with Crippen molar-refractivity contribution in [1.82, 2.24) is 0 Å². The first-order valence-corrected chi connectivity index (χ1v) is 8.39. The van der Waals surface area contributed by atoms with Gasteiger partial charge < -0.3 is 20.1 Å². The smallest absolute Gasteiger partial charge is 0.113 e. The van der Waals surface area contributed by atoms with Gasteiger partial charge in [-0.15, -0.1) is 0 Å². The van der Waals surface area contributed by atoms with Crippen LogP contribution in [0.3, 0.4) is 0 Å². The average Bonchev–Trinajstić information content (AvgIpc) is 2.64. The van der Waals surface area contributed by atoms with Gasteiger partial charge in [-0.3, -0.25) is 0 Å². The minimum absolute atomic E-state index is 0.649. The molecule has 4 heteroatoms. The van der Waals surface area contributed by atoms with Crippen LogP contribution in [0.2, 0.25) is 0 Å². The molecule has 126 valence electrons. The summed E-state index contributed by atoms with van der Waals surface area (Å²) in [7, 11) is 1.51. The summed E-state index contributed by atoms with van der Waals surface area (Å²) < 4.78 is 5.45. The van der Waals surface area contributed by atoms with Crippen LogP contribution in [-0.4, -0.2) is 34.6 Å². The minimum atomic E-state index is -1.28. The van der Waals surface area contributed by atoms with Crippen LogP contribution in [0.15, 0.2) is 48.5 Å². The van der Waals surface area contributed by atoms with Crippen molar-refractivity contribution in [1.29, 1.82) is 0 Å². The second-order valence-electron chi connectivity index (χ2n) is 6.82. The Labute approximate surface area is 144 Å². The summed E-state index contributed by atoms with van der Waals surface area (Å²) in [6.07, 6.45) is -4.27. The number of benzene rings is 4. The van der Waals surface area contributed by atoms with Crippen molar-refractivity contribution in [2.45, 2.75) is 24.4 Å². The van der Waals surface area contributed by atoms with Gasteiger partial charge in [-0.1, -0.05) is 42.5 Å². The number of aliphatic hydroxyl groups is 3. The van der Waals surface area contributed by atoms with Crippen molar-refractivity contribution in [2.75, 3.05) is 7.11 Å². The van der Waals surface area contributed by atoms with Gasteiger partial charge in [0.25, 0.3) is 0 Å². The molecule has 0 saturated carbocycles. The fraction of sp³-hybridized carbons (Fsp3) is 0.238. The lowest BCUT2D eigenvalue weighted by molar-refractivity contribution is -0.129. The largest absolute Gasteiger partial charge is 0.387 e. The molecule has 0 saturated heterocycles. The summed E-state index contributed by atoms with van der Waals surface area (Å²) >= 11 is 0. The summed E-state index contributed by atoms with van der Waals surface area (Å²) in [6, 6.07) is 16.3. The van der Waals surface area contributed by atoms with E-state index >= 15 is 0 Å². The van der Waals surface area contributed by atoms with Crippen molar-refractivity contribution in [3.63, 3.8) is 0 Å². The van der Waals surface area contributed by atoms with Crippen LogP contribution >= 0.6 is 0 Å². The number of ether oxygens (including phenoxy) is 1. The maximum Gasteiger partial charge on any atom is 0.113 e. The van der Waals surface area contributed by atoms with Gasteiger partial charge in [0.15, 0.2) is 0 Å². The van der Waals surface area contributed by atoms with Gasteiger partial charge in [0.05, 0.1) is 0 Å². The summed E-state index contributed by atoms with van der Waals surface area (Å²) in [5.41, 5.74) is 1.38. The number of rotatable bonds is 1.